The van der Waals surface area contributed by atoms with Crippen molar-refractivity contribution in [2.45, 2.75) is 13.3 Å². The summed E-state index contributed by atoms with van der Waals surface area (Å²) in [6.07, 6.45) is 8.99. The van der Waals surface area contributed by atoms with Gasteiger partial charge in [0.2, 0.25) is 0 Å². The molecule has 9 heavy (non-hydrogen) atoms. The van der Waals surface area contributed by atoms with Crippen molar-refractivity contribution in [3.63, 3.8) is 0 Å². The topological polar surface area (TPSA) is 17.1 Å². The van der Waals surface area contributed by atoms with Crippen molar-refractivity contribution < 1.29 is 4.79 Å². The lowest BCUT2D eigenvalue weighted by Gasteiger charge is -2.09. The monoisotopic (exact) mass is 120 g/mol. The lowest BCUT2D eigenvalue weighted by molar-refractivity contribution is -0.114. The zero-order valence-corrected chi connectivity index (χ0v) is 5.35. The molecular weight excluding hydrogens is 112 g/mol. The molecule has 46 valence electrons. The van der Waals surface area contributed by atoms with E-state index in [0.29, 0.717) is 6.42 Å². The molecular formula is C8H8O. The number of carbonyl (C=O) groups excluding carboxylic acids is 1. The molecule has 0 aromatic carbocycles. The minimum Gasteiger partial charge on any atom is -0.295 e. The maximum Gasteiger partial charge on any atom is 0.157 e. The van der Waals surface area contributed by atoms with E-state index in [1.165, 1.54) is 0 Å². The van der Waals surface area contributed by atoms with Gasteiger partial charge in [-0.1, -0.05) is 12.0 Å². The third-order valence-electron chi connectivity index (χ3n) is 1.51. The second-order valence-electron chi connectivity index (χ2n) is 2.54. The van der Waals surface area contributed by atoms with E-state index in [2.05, 4.69) is 5.92 Å². The molecule has 1 heteroatoms. The molecule has 0 aromatic rings. The maximum absolute atomic E-state index is 10.6. The minimum atomic E-state index is -0.295. The molecule has 0 heterocycles. The van der Waals surface area contributed by atoms with Crippen molar-refractivity contribution in [3.8, 4) is 12.3 Å². The lowest BCUT2D eigenvalue weighted by Crippen LogP contribution is -2.07. The molecule has 1 nitrogen and oxygen atoms in total. The molecule has 1 aliphatic carbocycles. The van der Waals surface area contributed by atoms with Crippen LogP contribution >= 0.6 is 0 Å². The third-order valence-corrected chi connectivity index (χ3v) is 1.51. The van der Waals surface area contributed by atoms with Crippen LogP contribution in [0.3, 0.4) is 0 Å². The van der Waals surface area contributed by atoms with Gasteiger partial charge in [0.15, 0.2) is 5.78 Å². The summed E-state index contributed by atoms with van der Waals surface area (Å²) in [6.45, 7) is 1.88. The van der Waals surface area contributed by atoms with Crippen molar-refractivity contribution in [2.75, 3.05) is 0 Å². The van der Waals surface area contributed by atoms with Crippen LogP contribution in [0.2, 0.25) is 0 Å². The van der Waals surface area contributed by atoms with E-state index in [9.17, 15) is 4.79 Å². The fraction of sp³-hybridized carbons (Fsp3) is 0.375. The second kappa shape index (κ2) is 1.73. The molecule has 0 fully saturated rings. The largest absolute Gasteiger partial charge is 0.295 e. The van der Waals surface area contributed by atoms with Gasteiger partial charge in [-0.05, 0) is 13.0 Å². The van der Waals surface area contributed by atoms with E-state index >= 15 is 0 Å². The van der Waals surface area contributed by atoms with Gasteiger partial charge >= 0.3 is 0 Å². The molecule has 1 rings (SSSR count). The summed E-state index contributed by atoms with van der Waals surface area (Å²) in [7, 11) is 0. The predicted molar refractivity (Wildman–Crippen MR) is 35.7 cm³/mol. The van der Waals surface area contributed by atoms with E-state index < -0.39 is 0 Å². The van der Waals surface area contributed by atoms with Crippen molar-refractivity contribution in [1.29, 1.82) is 0 Å². The van der Waals surface area contributed by atoms with Gasteiger partial charge in [-0.15, -0.1) is 6.42 Å². The summed E-state index contributed by atoms with van der Waals surface area (Å²) in [5.74, 6) is 2.70. The third kappa shape index (κ3) is 1.02. The standard InChI is InChI=1S/C8H8O/c1-3-8(2)5-4-7(9)6-8/h1,4-5H,6H2,2H3. The Morgan fingerprint density at radius 1 is 1.89 bits per heavy atom. The molecule has 0 saturated carbocycles. The number of hydrogen-bond donors (Lipinski definition) is 0. The predicted octanol–water partition coefficient (Wildman–Crippen LogP) is 1.15. The smallest absolute Gasteiger partial charge is 0.157 e. The zero-order chi connectivity index (χ0) is 6.91. The van der Waals surface area contributed by atoms with Crippen LogP contribution in [0.1, 0.15) is 13.3 Å². The Bertz CT molecular complexity index is 207. The molecule has 0 radical (unpaired) electrons. The van der Waals surface area contributed by atoms with Crippen LogP contribution < -0.4 is 0 Å². The van der Waals surface area contributed by atoms with Gasteiger partial charge in [0, 0.05) is 6.42 Å². The average molecular weight is 120 g/mol. The van der Waals surface area contributed by atoms with Crippen LogP contribution in [0.25, 0.3) is 0 Å². The maximum atomic E-state index is 10.6. The minimum absolute atomic E-state index is 0.135. The van der Waals surface area contributed by atoms with Gasteiger partial charge in [0.05, 0.1) is 5.41 Å². The first-order chi connectivity index (χ1) is 4.16. The van der Waals surface area contributed by atoms with Crippen molar-refractivity contribution in [3.05, 3.63) is 12.2 Å². The molecule has 0 spiro atoms. The summed E-state index contributed by atoms with van der Waals surface area (Å²) >= 11 is 0. The van der Waals surface area contributed by atoms with Crippen molar-refractivity contribution in [2.24, 2.45) is 5.41 Å². The number of carbonyl (C=O) groups is 1. The first-order valence-electron chi connectivity index (χ1n) is 2.86. The summed E-state index contributed by atoms with van der Waals surface area (Å²) < 4.78 is 0. The zero-order valence-electron chi connectivity index (χ0n) is 5.35. The Morgan fingerprint density at radius 2 is 2.56 bits per heavy atom. The Balaban J connectivity index is 2.83. The molecule has 0 saturated heterocycles. The SMILES string of the molecule is C#CC1(C)C=CC(=O)C1. The highest BCUT2D eigenvalue weighted by atomic mass is 16.1. The summed E-state index contributed by atoms with van der Waals surface area (Å²) in [5.41, 5.74) is -0.295. The average Bonchev–Trinajstić information content (AvgIpc) is 2.13. The van der Waals surface area contributed by atoms with Crippen LogP contribution in [0, 0.1) is 17.8 Å². The van der Waals surface area contributed by atoms with E-state index in [1.807, 2.05) is 6.92 Å². The number of ketones is 1. The number of hydrogen-bond acceptors (Lipinski definition) is 1. The van der Waals surface area contributed by atoms with E-state index in [1.54, 1.807) is 12.2 Å². The molecule has 0 N–H and O–H groups in total. The van der Waals surface area contributed by atoms with Crippen LogP contribution in [0.5, 0.6) is 0 Å². The summed E-state index contributed by atoms with van der Waals surface area (Å²) in [6, 6.07) is 0. The van der Waals surface area contributed by atoms with E-state index in [0.717, 1.165) is 0 Å². The highest BCUT2D eigenvalue weighted by Gasteiger charge is 2.25. The van der Waals surface area contributed by atoms with E-state index in [4.69, 9.17) is 6.42 Å². The molecule has 0 aromatic heterocycles. The van der Waals surface area contributed by atoms with Gasteiger partial charge in [-0.25, -0.2) is 0 Å². The van der Waals surface area contributed by atoms with Crippen LogP contribution in [0.15, 0.2) is 12.2 Å². The first kappa shape index (κ1) is 6.10. The quantitative estimate of drug-likeness (QED) is 0.438. The molecule has 1 atom stereocenters. The van der Waals surface area contributed by atoms with Crippen LogP contribution in [-0.4, -0.2) is 5.78 Å². The van der Waals surface area contributed by atoms with Gasteiger partial charge in [-0.2, -0.15) is 0 Å². The summed E-state index contributed by atoms with van der Waals surface area (Å²) in [5, 5.41) is 0. The van der Waals surface area contributed by atoms with Gasteiger partial charge in [0.1, 0.15) is 0 Å². The highest BCUT2D eigenvalue weighted by Crippen LogP contribution is 2.27. The lowest BCUT2D eigenvalue weighted by atomic mass is 9.92. The first-order valence-corrected chi connectivity index (χ1v) is 2.86. The van der Waals surface area contributed by atoms with Crippen molar-refractivity contribution >= 4 is 5.78 Å². The number of allylic oxidation sites excluding steroid dienone is 2. The normalized spacial score (nSPS) is 32.7. The molecule has 1 unspecified atom stereocenters. The Hall–Kier alpha value is -1.03. The Labute approximate surface area is 54.8 Å². The summed E-state index contributed by atoms with van der Waals surface area (Å²) in [4.78, 5) is 10.6. The molecule has 0 bridgehead atoms. The number of rotatable bonds is 0. The molecule has 0 amide bonds. The van der Waals surface area contributed by atoms with Gasteiger partial charge in [0.25, 0.3) is 0 Å². The fourth-order valence-electron chi connectivity index (χ4n) is 0.856. The van der Waals surface area contributed by atoms with E-state index in [-0.39, 0.29) is 11.2 Å². The van der Waals surface area contributed by atoms with Crippen molar-refractivity contribution in [1.82, 2.24) is 0 Å². The Morgan fingerprint density at radius 3 is 2.78 bits per heavy atom. The van der Waals surface area contributed by atoms with Crippen LogP contribution in [0.4, 0.5) is 0 Å². The van der Waals surface area contributed by atoms with Gasteiger partial charge < -0.3 is 0 Å². The van der Waals surface area contributed by atoms with Gasteiger partial charge in [-0.3, -0.25) is 4.79 Å². The molecule has 0 aliphatic heterocycles. The molecule has 1 aliphatic rings. The highest BCUT2D eigenvalue weighted by molar-refractivity contribution is 5.93. The fourth-order valence-corrected chi connectivity index (χ4v) is 0.856. The van der Waals surface area contributed by atoms with Crippen LogP contribution in [-0.2, 0) is 4.79 Å². The Kier molecular flexibility index (Phi) is 1.17. The second-order valence-corrected chi connectivity index (χ2v) is 2.54. The number of terminal acetylenes is 1.